The van der Waals surface area contributed by atoms with Crippen LogP contribution in [0.5, 0.6) is 0 Å². The monoisotopic (exact) mass is 236 g/mol. The summed E-state index contributed by atoms with van der Waals surface area (Å²) in [4.78, 5) is 23.2. The average Bonchev–Trinajstić information content (AvgIpc) is 2.19. The Labute approximate surface area is 99.6 Å². The Morgan fingerprint density at radius 2 is 1.75 bits per heavy atom. The molecule has 1 aromatic rings. The summed E-state index contributed by atoms with van der Waals surface area (Å²) >= 11 is 5.81. The van der Waals surface area contributed by atoms with E-state index in [9.17, 15) is 9.59 Å². The Bertz CT molecular complexity index is 430. The van der Waals surface area contributed by atoms with Gasteiger partial charge in [0.05, 0.1) is 5.41 Å². The van der Waals surface area contributed by atoms with Crippen molar-refractivity contribution in [3.05, 3.63) is 34.9 Å². The van der Waals surface area contributed by atoms with Gasteiger partial charge in [0.25, 0.3) is 0 Å². The Kier molecular flexibility index (Phi) is 2.85. The zero-order valence-electron chi connectivity index (χ0n) is 9.13. The molecule has 3 heteroatoms. The highest BCUT2D eigenvalue weighted by molar-refractivity contribution is 6.40. The van der Waals surface area contributed by atoms with Crippen LogP contribution in [0.3, 0.4) is 0 Å². The second-order valence-electron chi connectivity index (χ2n) is 4.33. The Hall–Kier alpha value is -1.15. The molecule has 2 rings (SSSR count). The van der Waals surface area contributed by atoms with Crippen molar-refractivity contribution in [1.82, 2.24) is 0 Å². The van der Waals surface area contributed by atoms with Gasteiger partial charge in [-0.3, -0.25) is 9.59 Å². The van der Waals surface area contributed by atoms with E-state index in [1.165, 1.54) is 6.92 Å². The molecule has 0 amide bonds. The number of hydrogen-bond donors (Lipinski definition) is 0. The van der Waals surface area contributed by atoms with Crippen molar-refractivity contribution in [3.63, 3.8) is 0 Å². The van der Waals surface area contributed by atoms with E-state index in [1.807, 2.05) is 12.1 Å². The fourth-order valence-corrected chi connectivity index (χ4v) is 2.41. The molecular formula is C13H13ClO2. The molecule has 0 radical (unpaired) electrons. The quantitative estimate of drug-likeness (QED) is 0.757. The first-order valence-electron chi connectivity index (χ1n) is 5.38. The van der Waals surface area contributed by atoms with Gasteiger partial charge in [0, 0.05) is 11.9 Å². The van der Waals surface area contributed by atoms with Crippen LogP contribution in [0, 0.1) is 0 Å². The molecule has 0 saturated heterocycles. The molecule has 0 atom stereocenters. The van der Waals surface area contributed by atoms with E-state index in [0.717, 1.165) is 24.8 Å². The normalized spacial score (nSPS) is 17.6. The molecule has 1 aromatic carbocycles. The van der Waals surface area contributed by atoms with Crippen molar-refractivity contribution >= 4 is 23.2 Å². The summed E-state index contributed by atoms with van der Waals surface area (Å²) in [6.45, 7) is 1.35. The van der Waals surface area contributed by atoms with Gasteiger partial charge in [0.1, 0.15) is 0 Å². The van der Waals surface area contributed by atoms with E-state index < -0.39 is 5.41 Å². The highest BCUT2D eigenvalue weighted by Gasteiger charge is 2.46. The summed E-state index contributed by atoms with van der Waals surface area (Å²) in [5.41, 5.74) is 0.361. The Morgan fingerprint density at radius 1 is 1.19 bits per heavy atom. The van der Waals surface area contributed by atoms with Crippen molar-refractivity contribution in [1.29, 1.82) is 0 Å². The zero-order chi connectivity index (χ0) is 11.8. The van der Waals surface area contributed by atoms with Crippen LogP contribution in [-0.4, -0.2) is 11.6 Å². The topological polar surface area (TPSA) is 34.1 Å². The van der Waals surface area contributed by atoms with Gasteiger partial charge in [0.15, 0.2) is 5.78 Å². The number of carbonyl (C=O) groups is 2. The number of benzene rings is 1. The van der Waals surface area contributed by atoms with Crippen LogP contribution in [0.15, 0.2) is 24.3 Å². The fraction of sp³-hybridized carbons (Fsp3) is 0.385. The lowest BCUT2D eigenvalue weighted by molar-refractivity contribution is -0.141. The van der Waals surface area contributed by atoms with E-state index in [4.69, 9.17) is 11.6 Å². The van der Waals surface area contributed by atoms with Crippen molar-refractivity contribution in [3.8, 4) is 0 Å². The number of rotatable bonds is 3. The van der Waals surface area contributed by atoms with Gasteiger partial charge in [-0.25, -0.2) is 0 Å². The summed E-state index contributed by atoms with van der Waals surface area (Å²) in [5, 5.41) is 0.647. The van der Waals surface area contributed by atoms with Crippen LogP contribution >= 0.6 is 11.6 Å². The first-order valence-corrected chi connectivity index (χ1v) is 5.75. The van der Waals surface area contributed by atoms with Crippen LogP contribution in [0.4, 0.5) is 0 Å². The molecule has 1 saturated carbocycles. The molecular weight excluding hydrogens is 224 g/mol. The molecule has 0 aliphatic heterocycles. The zero-order valence-corrected chi connectivity index (χ0v) is 9.88. The molecule has 1 fully saturated rings. The predicted octanol–water partition coefficient (Wildman–Crippen LogP) is 2.92. The van der Waals surface area contributed by atoms with Gasteiger partial charge >= 0.3 is 0 Å². The van der Waals surface area contributed by atoms with Gasteiger partial charge in [0.2, 0.25) is 5.78 Å². The lowest BCUT2D eigenvalue weighted by atomic mass is 9.61. The SMILES string of the molecule is CC(=O)C(=O)C1(c2ccc(Cl)cc2)CCC1. The average molecular weight is 237 g/mol. The third kappa shape index (κ3) is 1.67. The highest BCUT2D eigenvalue weighted by Crippen LogP contribution is 2.44. The molecule has 0 heterocycles. The molecule has 0 aromatic heterocycles. The van der Waals surface area contributed by atoms with E-state index in [-0.39, 0.29) is 11.6 Å². The summed E-state index contributed by atoms with van der Waals surface area (Å²) < 4.78 is 0. The minimum absolute atomic E-state index is 0.263. The first-order chi connectivity index (χ1) is 7.56. The van der Waals surface area contributed by atoms with Crippen molar-refractivity contribution in [2.24, 2.45) is 0 Å². The Morgan fingerprint density at radius 3 is 2.12 bits per heavy atom. The summed E-state index contributed by atoms with van der Waals surface area (Å²) in [7, 11) is 0. The Balaban J connectivity index is 2.38. The van der Waals surface area contributed by atoms with Crippen molar-refractivity contribution in [2.75, 3.05) is 0 Å². The third-order valence-corrected chi connectivity index (χ3v) is 3.61. The van der Waals surface area contributed by atoms with Crippen LogP contribution < -0.4 is 0 Å². The van der Waals surface area contributed by atoms with Gasteiger partial charge < -0.3 is 0 Å². The highest BCUT2D eigenvalue weighted by atomic mass is 35.5. The first kappa shape index (κ1) is 11.3. The number of hydrogen-bond acceptors (Lipinski definition) is 2. The second kappa shape index (κ2) is 4.02. The van der Waals surface area contributed by atoms with E-state index in [2.05, 4.69) is 0 Å². The van der Waals surface area contributed by atoms with Gasteiger partial charge in [-0.15, -0.1) is 0 Å². The maximum Gasteiger partial charge on any atom is 0.208 e. The standard InChI is InChI=1S/C13H13ClO2/c1-9(15)12(16)13(7-2-8-13)10-3-5-11(14)6-4-10/h3-6H,2,7-8H2,1H3. The molecule has 0 N–H and O–H groups in total. The minimum atomic E-state index is -0.559. The number of halogens is 1. The molecule has 84 valence electrons. The lowest BCUT2D eigenvalue weighted by Gasteiger charge is -2.40. The fourth-order valence-electron chi connectivity index (χ4n) is 2.28. The summed E-state index contributed by atoms with van der Waals surface area (Å²) in [5.74, 6) is -0.615. The van der Waals surface area contributed by atoms with E-state index >= 15 is 0 Å². The molecule has 1 aliphatic carbocycles. The van der Waals surface area contributed by atoms with Gasteiger partial charge in [-0.05, 0) is 30.5 Å². The van der Waals surface area contributed by atoms with Crippen LogP contribution in [-0.2, 0) is 15.0 Å². The van der Waals surface area contributed by atoms with Crippen LogP contribution in [0.25, 0.3) is 0 Å². The second-order valence-corrected chi connectivity index (χ2v) is 4.76. The third-order valence-electron chi connectivity index (χ3n) is 3.36. The molecule has 1 aliphatic rings. The maximum atomic E-state index is 11.9. The van der Waals surface area contributed by atoms with E-state index in [1.54, 1.807) is 12.1 Å². The molecule has 0 unspecified atom stereocenters. The minimum Gasteiger partial charge on any atom is -0.291 e. The molecule has 0 spiro atoms. The lowest BCUT2D eigenvalue weighted by Crippen LogP contribution is -2.45. The smallest absolute Gasteiger partial charge is 0.208 e. The summed E-state index contributed by atoms with van der Waals surface area (Å²) in [6, 6.07) is 7.24. The molecule has 16 heavy (non-hydrogen) atoms. The largest absolute Gasteiger partial charge is 0.291 e. The predicted molar refractivity (Wildman–Crippen MR) is 62.7 cm³/mol. The number of Topliss-reactive ketones (excluding diaryl/α,β-unsaturated/α-hetero) is 2. The van der Waals surface area contributed by atoms with Gasteiger partial charge in [-0.2, -0.15) is 0 Å². The maximum absolute atomic E-state index is 11.9. The van der Waals surface area contributed by atoms with Crippen LogP contribution in [0.2, 0.25) is 5.02 Å². The number of carbonyl (C=O) groups excluding carboxylic acids is 2. The van der Waals surface area contributed by atoms with Crippen molar-refractivity contribution < 1.29 is 9.59 Å². The van der Waals surface area contributed by atoms with Crippen LogP contribution in [0.1, 0.15) is 31.7 Å². The number of ketones is 2. The molecule has 2 nitrogen and oxygen atoms in total. The van der Waals surface area contributed by atoms with Gasteiger partial charge in [-0.1, -0.05) is 30.2 Å². The van der Waals surface area contributed by atoms with Crippen molar-refractivity contribution in [2.45, 2.75) is 31.6 Å². The van der Waals surface area contributed by atoms with E-state index in [0.29, 0.717) is 5.02 Å². The summed E-state index contributed by atoms with van der Waals surface area (Å²) in [6.07, 6.45) is 2.54. The molecule has 0 bridgehead atoms.